The minimum absolute atomic E-state index is 0.173. The minimum atomic E-state index is -2.53. The van der Waals surface area contributed by atoms with Gasteiger partial charge in [-0.2, -0.15) is 0 Å². The van der Waals surface area contributed by atoms with Crippen molar-refractivity contribution in [3.63, 3.8) is 0 Å². The lowest BCUT2D eigenvalue weighted by Crippen LogP contribution is -2.08. The number of Topliss-reactive ketones (excluding diaryl/α,β-unsaturated/α-hetero) is 1. The highest BCUT2D eigenvalue weighted by molar-refractivity contribution is 5.99. The normalized spacial score (nSPS) is 10.4. The Labute approximate surface area is 85.8 Å². The maximum atomic E-state index is 11.8. The molecule has 0 aliphatic carbocycles. The number of hydrogen-bond donors (Lipinski definition) is 1. The zero-order chi connectivity index (χ0) is 11.4. The van der Waals surface area contributed by atoms with Crippen LogP contribution in [0.25, 0.3) is 0 Å². The molecule has 1 rings (SSSR count). The van der Waals surface area contributed by atoms with E-state index < -0.39 is 13.0 Å². The Morgan fingerprint density at radius 2 is 2.20 bits per heavy atom. The van der Waals surface area contributed by atoms with Crippen LogP contribution in [-0.2, 0) is 0 Å². The molecule has 82 valence electrons. The molecule has 15 heavy (non-hydrogen) atoms. The van der Waals surface area contributed by atoms with Gasteiger partial charge in [0.2, 0.25) is 0 Å². The van der Waals surface area contributed by atoms with Crippen molar-refractivity contribution in [2.45, 2.75) is 13.3 Å². The first-order chi connectivity index (χ1) is 7.00. The third-order valence-corrected chi connectivity index (χ3v) is 1.78. The van der Waals surface area contributed by atoms with Gasteiger partial charge in [0.15, 0.2) is 5.78 Å². The van der Waals surface area contributed by atoms with Gasteiger partial charge in [0.25, 0.3) is 6.43 Å². The van der Waals surface area contributed by atoms with E-state index in [1.54, 1.807) is 0 Å². The number of benzene rings is 1. The van der Waals surface area contributed by atoms with Crippen LogP contribution in [0.3, 0.4) is 0 Å². The standard InChI is InChI=1S/C10H11F2NO2/c1-6(14)8-3-2-7(4-9(8)13)15-5-10(11)12/h2-4,10H,5,13H2,1H3. The highest BCUT2D eigenvalue weighted by Gasteiger charge is 2.07. The molecule has 0 aliphatic rings. The van der Waals surface area contributed by atoms with Crippen molar-refractivity contribution in [1.82, 2.24) is 0 Å². The van der Waals surface area contributed by atoms with Gasteiger partial charge >= 0.3 is 0 Å². The number of rotatable bonds is 4. The molecule has 0 saturated carbocycles. The van der Waals surface area contributed by atoms with Crippen LogP contribution in [0.4, 0.5) is 14.5 Å². The summed E-state index contributed by atoms with van der Waals surface area (Å²) in [6.45, 7) is 0.699. The summed E-state index contributed by atoms with van der Waals surface area (Å²) in [5.41, 5.74) is 6.13. The number of nitrogens with two attached hydrogens (primary N) is 1. The summed E-state index contributed by atoms with van der Waals surface area (Å²) >= 11 is 0. The number of nitrogen functional groups attached to an aromatic ring is 1. The predicted octanol–water partition coefficient (Wildman–Crippen LogP) is 2.12. The number of hydrogen-bond acceptors (Lipinski definition) is 3. The molecule has 0 bridgehead atoms. The molecule has 2 N–H and O–H groups in total. The molecule has 3 nitrogen and oxygen atoms in total. The topological polar surface area (TPSA) is 52.3 Å². The Bertz CT molecular complexity index is 366. The summed E-state index contributed by atoms with van der Waals surface area (Å²) in [6.07, 6.45) is -2.53. The molecule has 0 fully saturated rings. The average molecular weight is 215 g/mol. The van der Waals surface area contributed by atoms with E-state index in [2.05, 4.69) is 0 Å². The number of carbonyl (C=O) groups excluding carboxylic acids is 1. The number of ketones is 1. The van der Waals surface area contributed by atoms with Crippen LogP contribution in [-0.4, -0.2) is 18.8 Å². The fraction of sp³-hybridized carbons (Fsp3) is 0.300. The van der Waals surface area contributed by atoms with Crippen molar-refractivity contribution in [2.24, 2.45) is 0 Å². The monoisotopic (exact) mass is 215 g/mol. The third kappa shape index (κ3) is 3.19. The van der Waals surface area contributed by atoms with E-state index in [9.17, 15) is 13.6 Å². The second kappa shape index (κ2) is 4.72. The Morgan fingerprint density at radius 1 is 1.53 bits per heavy atom. The van der Waals surface area contributed by atoms with Crippen molar-refractivity contribution in [1.29, 1.82) is 0 Å². The predicted molar refractivity (Wildman–Crippen MR) is 52.4 cm³/mol. The Kier molecular flexibility index (Phi) is 3.60. The average Bonchev–Trinajstić information content (AvgIpc) is 2.14. The maximum absolute atomic E-state index is 11.8. The van der Waals surface area contributed by atoms with Crippen molar-refractivity contribution in [3.05, 3.63) is 23.8 Å². The van der Waals surface area contributed by atoms with Gasteiger partial charge < -0.3 is 10.5 Å². The molecule has 0 spiro atoms. The molecule has 0 amide bonds. The molecule has 0 unspecified atom stereocenters. The van der Waals surface area contributed by atoms with E-state index in [1.807, 2.05) is 0 Å². The highest BCUT2D eigenvalue weighted by Crippen LogP contribution is 2.20. The van der Waals surface area contributed by atoms with Crippen LogP contribution in [0, 0.1) is 0 Å². The Balaban J connectivity index is 2.78. The van der Waals surface area contributed by atoms with Crippen LogP contribution >= 0.6 is 0 Å². The quantitative estimate of drug-likeness (QED) is 0.618. The van der Waals surface area contributed by atoms with Crippen LogP contribution in [0.1, 0.15) is 17.3 Å². The second-order valence-electron chi connectivity index (χ2n) is 3.01. The third-order valence-electron chi connectivity index (χ3n) is 1.78. The molecular weight excluding hydrogens is 204 g/mol. The van der Waals surface area contributed by atoms with Crippen LogP contribution in [0.5, 0.6) is 5.75 Å². The van der Waals surface area contributed by atoms with Gasteiger partial charge in [-0.15, -0.1) is 0 Å². The molecule has 5 heteroatoms. The number of carbonyl (C=O) groups is 1. The van der Waals surface area contributed by atoms with Gasteiger partial charge in [-0.25, -0.2) is 8.78 Å². The summed E-state index contributed by atoms with van der Waals surface area (Å²) in [7, 11) is 0. The fourth-order valence-electron chi connectivity index (χ4n) is 1.11. The SMILES string of the molecule is CC(=O)c1ccc(OCC(F)F)cc1N. The van der Waals surface area contributed by atoms with E-state index in [0.29, 0.717) is 5.56 Å². The highest BCUT2D eigenvalue weighted by atomic mass is 19.3. The number of halogens is 2. The smallest absolute Gasteiger partial charge is 0.272 e. The minimum Gasteiger partial charge on any atom is -0.488 e. The first-order valence-electron chi connectivity index (χ1n) is 4.32. The van der Waals surface area contributed by atoms with Gasteiger partial charge in [-0.3, -0.25) is 4.79 Å². The van der Waals surface area contributed by atoms with E-state index >= 15 is 0 Å². The van der Waals surface area contributed by atoms with Gasteiger partial charge in [0.05, 0.1) is 0 Å². The second-order valence-corrected chi connectivity index (χ2v) is 3.01. The molecule has 1 aromatic rings. The molecule has 0 radical (unpaired) electrons. The van der Waals surface area contributed by atoms with E-state index in [1.165, 1.54) is 25.1 Å². The first-order valence-corrected chi connectivity index (χ1v) is 4.32. The van der Waals surface area contributed by atoms with Crippen LogP contribution in [0.15, 0.2) is 18.2 Å². The zero-order valence-corrected chi connectivity index (χ0v) is 8.17. The number of anilines is 1. The van der Waals surface area contributed by atoms with Crippen LogP contribution in [0.2, 0.25) is 0 Å². The van der Waals surface area contributed by atoms with Crippen molar-refractivity contribution >= 4 is 11.5 Å². The molecule has 0 saturated heterocycles. The fourth-order valence-corrected chi connectivity index (χ4v) is 1.11. The van der Waals surface area contributed by atoms with Crippen molar-refractivity contribution < 1.29 is 18.3 Å². The summed E-state index contributed by atoms with van der Waals surface area (Å²) in [5, 5.41) is 0. The lowest BCUT2D eigenvalue weighted by atomic mass is 10.1. The largest absolute Gasteiger partial charge is 0.488 e. The van der Waals surface area contributed by atoms with Gasteiger partial charge in [-0.05, 0) is 19.1 Å². The summed E-state index contributed by atoms with van der Waals surface area (Å²) in [5.74, 6) is 0.0608. The van der Waals surface area contributed by atoms with E-state index in [-0.39, 0.29) is 17.2 Å². The Hall–Kier alpha value is -1.65. The van der Waals surface area contributed by atoms with E-state index in [0.717, 1.165) is 0 Å². The molecular formula is C10H11F2NO2. The van der Waals surface area contributed by atoms with Crippen molar-refractivity contribution in [2.75, 3.05) is 12.3 Å². The molecule has 1 aromatic carbocycles. The van der Waals surface area contributed by atoms with Gasteiger partial charge in [0, 0.05) is 17.3 Å². The molecule has 0 atom stereocenters. The molecule has 0 aliphatic heterocycles. The lowest BCUT2D eigenvalue weighted by molar-refractivity contribution is 0.0818. The van der Waals surface area contributed by atoms with Crippen LogP contribution < -0.4 is 10.5 Å². The van der Waals surface area contributed by atoms with Gasteiger partial charge in [-0.1, -0.05) is 0 Å². The molecule has 0 heterocycles. The summed E-state index contributed by atoms with van der Waals surface area (Å²) in [6, 6.07) is 4.26. The van der Waals surface area contributed by atoms with Gasteiger partial charge in [0.1, 0.15) is 12.4 Å². The zero-order valence-electron chi connectivity index (χ0n) is 8.17. The van der Waals surface area contributed by atoms with Crippen molar-refractivity contribution in [3.8, 4) is 5.75 Å². The number of alkyl halides is 2. The maximum Gasteiger partial charge on any atom is 0.272 e. The summed E-state index contributed by atoms with van der Waals surface area (Å²) < 4.78 is 28.4. The molecule has 0 aromatic heterocycles. The lowest BCUT2D eigenvalue weighted by Gasteiger charge is -2.07. The first kappa shape index (κ1) is 11.4. The Morgan fingerprint density at radius 3 is 2.67 bits per heavy atom. The summed E-state index contributed by atoms with van der Waals surface area (Å²) in [4.78, 5) is 11.0. The number of ether oxygens (including phenoxy) is 1. The van der Waals surface area contributed by atoms with E-state index in [4.69, 9.17) is 10.5 Å².